The van der Waals surface area contributed by atoms with Gasteiger partial charge >= 0.3 is 0 Å². The first-order valence-corrected chi connectivity index (χ1v) is 8.19. The summed E-state index contributed by atoms with van der Waals surface area (Å²) in [5.41, 5.74) is 1.75. The highest BCUT2D eigenvalue weighted by molar-refractivity contribution is 7.99. The van der Waals surface area contributed by atoms with Gasteiger partial charge in [0.15, 0.2) is 0 Å². The monoisotopic (exact) mass is 326 g/mol. The smallest absolute Gasteiger partial charge is 0.0830 e. The Morgan fingerprint density at radius 2 is 1.80 bits per heavy atom. The van der Waals surface area contributed by atoms with Crippen LogP contribution in [0.1, 0.15) is 24.2 Å². The Bertz CT molecular complexity index is 569. The summed E-state index contributed by atoms with van der Waals surface area (Å²) >= 11 is 13.9. The zero-order chi connectivity index (χ0) is 14.5. The molecule has 0 fully saturated rings. The first-order chi connectivity index (χ1) is 9.61. The predicted molar refractivity (Wildman–Crippen MR) is 88.0 cm³/mol. The van der Waals surface area contributed by atoms with Gasteiger partial charge < -0.3 is 5.11 Å². The normalized spacial score (nSPS) is 12.4. The topological polar surface area (TPSA) is 20.2 Å². The Morgan fingerprint density at radius 3 is 2.45 bits per heavy atom. The van der Waals surface area contributed by atoms with Crippen molar-refractivity contribution in [1.29, 1.82) is 0 Å². The molecule has 20 heavy (non-hydrogen) atoms. The van der Waals surface area contributed by atoms with E-state index in [0.29, 0.717) is 16.5 Å². The molecule has 0 amide bonds. The lowest BCUT2D eigenvalue weighted by Gasteiger charge is -2.13. The van der Waals surface area contributed by atoms with Gasteiger partial charge in [-0.25, -0.2) is 0 Å². The molecule has 0 saturated carbocycles. The third kappa shape index (κ3) is 3.92. The van der Waals surface area contributed by atoms with Crippen LogP contribution in [-0.2, 0) is 6.42 Å². The number of halogens is 2. The number of hydrogen-bond acceptors (Lipinski definition) is 2. The van der Waals surface area contributed by atoms with Crippen LogP contribution in [0.2, 0.25) is 10.0 Å². The average Bonchev–Trinajstić information content (AvgIpc) is 2.45. The molecule has 1 unspecified atom stereocenters. The van der Waals surface area contributed by atoms with Crippen LogP contribution in [0.3, 0.4) is 0 Å². The summed E-state index contributed by atoms with van der Waals surface area (Å²) < 4.78 is 0. The van der Waals surface area contributed by atoms with Gasteiger partial charge in [0.05, 0.1) is 16.1 Å². The SMILES string of the molecule is CCSc1ccc(C(O)Cc2cccc(Cl)c2Cl)cc1. The lowest BCUT2D eigenvalue weighted by molar-refractivity contribution is 0.178. The second kappa shape index (κ2) is 7.37. The minimum absolute atomic E-state index is 0.458. The number of benzene rings is 2. The van der Waals surface area contributed by atoms with Crippen molar-refractivity contribution in [2.24, 2.45) is 0 Å². The number of aliphatic hydroxyl groups is 1. The maximum absolute atomic E-state index is 10.3. The van der Waals surface area contributed by atoms with Crippen LogP contribution in [0.25, 0.3) is 0 Å². The molecule has 106 valence electrons. The maximum Gasteiger partial charge on any atom is 0.0830 e. The van der Waals surface area contributed by atoms with Gasteiger partial charge in [-0.2, -0.15) is 0 Å². The molecule has 0 bridgehead atoms. The van der Waals surface area contributed by atoms with Gasteiger partial charge in [0.25, 0.3) is 0 Å². The molecule has 0 aliphatic heterocycles. The molecule has 1 atom stereocenters. The van der Waals surface area contributed by atoms with Crippen LogP contribution in [0.4, 0.5) is 0 Å². The fourth-order valence-electron chi connectivity index (χ4n) is 1.99. The maximum atomic E-state index is 10.3. The molecule has 2 aromatic carbocycles. The molecule has 0 radical (unpaired) electrons. The Morgan fingerprint density at radius 1 is 1.10 bits per heavy atom. The van der Waals surface area contributed by atoms with E-state index in [2.05, 4.69) is 6.92 Å². The zero-order valence-corrected chi connectivity index (χ0v) is 13.5. The van der Waals surface area contributed by atoms with Gasteiger partial charge in [-0.05, 0) is 35.1 Å². The van der Waals surface area contributed by atoms with Crippen molar-refractivity contribution in [3.8, 4) is 0 Å². The van der Waals surface area contributed by atoms with E-state index in [4.69, 9.17) is 23.2 Å². The summed E-state index contributed by atoms with van der Waals surface area (Å²) in [6, 6.07) is 13.5. The highest BCUT2D eigenvalue weighted by Gasteiger charge is 2.12. The van der Waals surface area contributed by atoms with Crippen LogP contribution >= 0.6 is 35.0 Å². The highest BCUT2D eigenvalue weighted by atomic mass is 35.5. The third-order valence-electron chi connectivity index (χ3n) is 3.02. The van der Waals surface area contributed by atoms with Crippen molar-refractivity contribution in [3.05, 3.63) is 63.6 Å². The minimum Gasteiger partial charge on any atom is -0.388 e. The molecule has 0 spiro atoms. The van der Waals surface area contributed by atoms with Gasteiger partial charge in [-0.1, -0.05) is 54.4 Å². The molecule has 4 heteroatoms. The largest absolute Gasteiger partial charge is 0.388 e. The van der Waals surface area contributed by atoms with Crippen molar-refractivity contribution in [2.45, 2.75) is 24.3 Å². The summed E-state index contributed by atoms with van der Waals surface area (Å²) in [5.74, 6) is 1.04. The van der Waals surface area contributed by atoms with E-state index in [1.165, 1.54) is 4.90 Å². The molecular weight excluding hydrogens is 311 g/mol. The molecule has 2 aromatic rings. The summed E-state index contributed by atoms with van der Waals surface area (Å²) in [6.45, 7) is 2.12. The minimum atomic E-state index is -0.577. The standard InChI is InChI=1S/C16H16Cl2OS/c1-2-20-13-8-6-11(7-9-13)15(19)10-12-4-3-5-14(17)16(12)18/h3-9,15,19H,2,10H2,1H3. The molecule has 0 heterocycles. The third-order valence-corrected chi connectivity index (χ3v) is 4.77. The fourth-order valence-corrected chi connectivity index (χ4v) is 3.04. The molecule has 0 aliphatic carbocycles. The quantitative estimate of drug-likeness (QED) is 0.744. The van der Waals surface area contributed by atoms with Crippen LogP contribution in [0, 0.1) is 0 Å². The summed E-state index contributed by atoms with van der Waals surface area (Å²) in [7, 11) is 0. The second-order valence-corrected chi connectivity index (χ2v) is 6.56. The molecule has 0 aromatic heterocycles. The van der Waals surface area contributed by atoms with E-state index in [1.54, 1.807) is 17.8 Å². The van der Waals surface area contributed by atoms with E-state index in [9.17, 15) is 5.11 Å². The summed E-state index contributed by atoms with van der Waals surface area (Å²) in [5, 5.41) is 11.3. The van der Waals surface area contributed by atoms with Crippen LogP contribution < -0.4 is 0 Å². The lowest BCUT2D eigenvalue weighted by atomic mass is 10.0. The van der Waals surface area contributed by atoms with Gasteiger partial charge in [-0.3, -0.25) is 0 Å². The van der Waals surface area contributed by atoms with E-state index in [1.807, 2.05) is 36.4 Å². The van der Waals surface area contributed by atoms with Crippen molar-refractivity contribution in [3.63, 3.8) is 0 Å². The highest BCUT2D eigenvalue weighted by Crippen LogP contribution is 2.29. The van der Waals surface area contributed by atoms with E-state index in [-0.39, 0.29) is 0 Å². The number of thioether (sulfide) groups is 1. The first kappa shape index (κ1) is 15.7. The Balaban J connectivity index is 2.11. The average molecular weight is 327 g/mol. The molecular formula is C16H16Cl2OS. The molecule has 0 aliphatic rings. The lowest BCUT2D eigenvalue weighted by Crippen LogP contribution is -2.02. The van der Waals surface area contributed by atoms with E-state index in [0.717, 1.165) is 16.9 Å². The van der Waals surface area contributed by atoms with Crippen molar-refractivity contribution < 1.29 is 5.11 Å². The van der Waals surface area contributed by atoms with Gasteiger partial charge in [0.2, 0.25) is 0 Å². The molecule has 1 nitrogen and oxygen atoms in total. The van der Waals surface area contributed by atoms with Gasteiger partial charge in [-0.15, -0.1) is 11.8 Å². The summed E-state index contributed by atoms with van der Waals surface area (Å²) in [4.78, 5) is 1.21. The Hall–Kier alpha value is -0.670. The first-order valence-electron chi connectivity index (χ1n) is 6.45. The summed E-state index contributed by atoms with van der Waals surface area (Å²) in [6.07, 6.45) is -0.119. The second-order valence-electron chi connectivity index (χ2n) is 4.43. The molecule has 1 N–H and O–H groups in total. The van der Waals surface area contributed by atoms with Crippen molar-refractivity contribution in [2.75, 3.05) is 5.75 Å². The van der Waals surface area contributed by atoms with Crippen LogP contribution in [0.15, 0.2) is 47.4 Å². The molecule has 2 rings (SSSR count). The van der Waals surface area contributed by atoms with Crippen LogP contribution in [-0.4, -0.2) is 10.9 Å². The van der Waals surface area contributed by atoms with Crippen molar-refractivity contribution >= 4 is 35.0 Å². The van der Waals surface area contributed by atoms with Gasteiger partial charge in [0, 0.05) is 11.3 Å². The van der Waals surface area contributed by atoms with Crippen LogP contribution in [0.5, 0.6) is 0 Å². The fraction of sp³-hybridized carbons (Fsp3) is 0.250. The molecule has 0 saturated heterocycles. The zero-order valence-electron chi connectivity index (χ0n) is 11.1. The predicted octanol–water partition coefficient (Wildman–Crippen LogP) is 5.38. The Kier molecular flexibility index (Phi) is 5.79. The number of rotatable bonds is 5. The van der Waals surface area contributed by atoms with E-state index < -0.39 is 6.10 Å². The number of hydrogen-bond donors (Lipinski definition) is 1. The van der Waals surface area contributed by atoms with E-state index >= 15 is 0 Å². The van der Waals surface area contributed by atoms with Crippen molar-refractivity contribution in [1.82, 2.24) is 0 Å². The Labute approximate surface area is 133 Å². The van der Waals surface area contributed by atoms with Gasteiger partial charge in [0.1, 0.15) is 0 Å². The number of aliphatic hydroxyl groups excluding tert-OH is 1.